The van der Waals surface area contributed by atoms with Crippen molar-refractivity contribution >= 4 is 5.97 Å². The lowest BCUT2D eigenvalue weighted by Gasteiger charge is -2.08. The van der Waals surface area contributed by atoms with Gasteiger partial charge in [-0.15, -0.1) is 0 Å². The maximum absolute atomic E-state index is 11.6. The third-order valence-corrected chi connectivity index (χ3v) is 4.65. The molecule has 0 aliphatic carbocycles. The molecule has 0 aromatic heterocycles. The molecule has 3 nitrogen and oxygen atoms in total. The van der Waals surface area contributed by atoms with Crippen LogP contribution >= 0.6 is 0 Å². The summed E-state index contributed by atoms with van der Waals surface area (Å²) in [6.07, 6.45) is 22.9. The molecular formula is C24H46O3. The molecular weight excluding hydrogens is 336 g/mol. The Morgan fingerprint density at radius 1 is 0.741 bits per heavy atom. The molecule has 0 atom stereocenters. The molecule has 0 aromatic carbocycles. The molecule has 160 valence electrons. The second-order valence-electron chi connectivity index (χ2n) is 7.83. The van der Waals surface area contributed by atoms with Crippen LogP contribution in [0.25, 0.3) is 0 Å². The van der Waals surface area contributed by atoms with Crippen LogP contribution in [0.15, 0.2) is 12.2 Å². The Morgan fingerprint density at radius 3 is 1.89 bits per heavy atom. The summed E-state index contributed by atoms with van der Waals surface area (Å²) in [5.74, 6) is -0.0582. The number of allylic oxidation sites excluding steroid dienone is 2. The summed E-state index contributed by atoms with van der Waals surface area (Å²) in [7, 11) is 0. The van der Waals surface area contributed by atoms with Crippen molar-refractivity contribution in [2.45, 2.75) is 123 Å². The second-order valence-corrected chi connectivity index (χ2v) is 7.83. The van der Waals surface area contributed by atoms with Crippen LogP contribution in [0, 0.1) is 0 Å². The Labute approximate surface area is 169 Å². The Morgan fingerprint density at radius 2 is 1.30 bits per heavy atom. The maximum Gasteiger partial charge on any atom is 0.305 e. The van der Waals surface area contributed by atoms with Crippen molar-refractivity contribution in [1.29, 1.82) is 0 Å². The van der Waals surface area contributed by atoms with Crippen molar-refractivity contribution in [2.75, 3.05) is 13.2 Å². The summed E-state index contributed by atoms with van der Waals surface area (Å²) in [5.41, 5.74) is 0. The molecule has 0 radical (unpaired) electrons. The molecule has 0 N–H and O–H groups in total. The molecule has 0 aliphatic heterocycles. The second kappa shape index (κ2) is 21.5. The third kappa shape index (κ3) is 23.1. The van der Waals surface area contributed by atoms with Gasteiger partial charge in [0, 0.05) is 12.8 Å². The summed E-state index contributed by atoms with van der Waals surface area (Å²) >= 11 is 0. The monoisotopic (exact) mass is 382 g/mol. The van der Waals surface area contributed by atoms with E-state index in [0.29, 0.717) is 19.6 Å². The van der Waals surface area contributed by atoms with Crippen molar-refractivity contribution in [1.82, 2.24) is 0 Å². The lowest BCUT2D eigenvalue weighted by Crippen LogP contribution is -2.10. The molecule has 0 fully saturated rings. The zero-order chi connectivity index (χ0) is 20.0. The van der Waals surface area contributed by atoms with Crippen molar-refractivity contribution in [2.24, 2.45) is 0 Å². The Kier molecular flexibility index (Phi) is 20.8. The molecule has 0 aliphatic rings. The molecule has 0 saturated carbocycles. The predicted octanol–water partition coefficient (Wildman–Crippen LogP) is 7.38. The lowest BCUT2D eigenvalue weighted by atomic mass is 10.1. The number of hydrogen-bond donors (Lipinski definition) is 0. The van der Waals surface area contributed by atoms with Crippen LogP contribution in [0.5, 0.6) is 0 Å². The summed E-state index contributed by atoms with van der Waals surface area (Å²) in [5, 5.41) is 0. The minimum absolute atomic E-state index is 0.0582. The van der Waals surface area contributed by atoms with Crippen LogP contribution in [0.2, 0.25) is 0 Å². The number of carbonyl (C=O) groups excluding carboxylic acids is 1. The summed E-state index contributed by atoms with van der Waals surface area (Å²) in [4.78, 5) is 11.6. The SMILES string of the molecule is CCCCCCCC/C=C\CCCCCCCC(=O)OCCCOC(C)C. The van der Waals surface area contributed by atoms with Gasteiger partial charge in [0.15, 0.2) is 0 Å². The molecule has 27 heavy (non-hydrogen) atoms. The normalized spacial score (nSPS) is 11.6. The first-order chi connectivity index (χ1) is 13.2. The van der Waals surface area contributed by atoms with E-state index in [0.717, 1.165) is 19.3 Å². The van der Waals surface area contributed by atoms with Gasteiger partial charge < -0.3 is 9.47 Å². The highest BCUT2D eigenvalue weighted by Crippen LogP contribution is 2.10. The van der Waals surface area contributed by atoms with Crippen LogP contribution in [0.1, 0.15) is 117 Å². The summed E-state index contributed by atoms with van der Waals surface area (Å²) in [6.45, 7) is 7.44. The lowest BCUT2D eigenvalue weighted by molar-refractivity contribution is -0.144. The van der Waals surface area contributed by atoms with Gasteiger partial charge in [0.1, 0.15) is 0 Å². The van der Waals surface area contributed by atoms with Gasteiger partial charge >= 0.3 is 5.97 Å². The van der Waals surface area contributed by atoms with Crippen LogP contribution in [-0.4, -0.2) is 25.3 Å². The standard InChI is InChI=1S/C24H46O3/c1-4-5-6-7-8-9-10-11-12-13-14-15-16-17-18-20-24(25)27-22-19-21-26-23(2)3/h11-12,23H,4-10,13-22H2,1-3H3/b12-11-. The van der Waals surface area contributed by atoms with Crippen molar-refractivity contribution < 1.29 is 14.3 Å². The molecule has 0 aromatic rings. The van der Waals surface area contributed by atoms with E-state index in [9.17, 15) is 4.79 Å². The van der Waals surface area contributed by atoms with Crippen molar-refractivity contribution in [3.05, 3.63) is 12.2 Å². The van der Waals surface area contributed by atoms with Crippen molar-refractivity contribution in [3.63, 3.8) is 0 Å². The van der Waals surface area contributed by atoms with Crippen LogP contribution < -0.4 is 0 Å². The van der Waals surface area contributed by atoms with E-state index in [1.807, 2.05) is 13.8 Å². The average molecular weight is 383 g/mol. The average Bonchev–Trinajstić information content (AvgIpc) is 2.64. The van der Waals surface area contributed by atoms with E-state index in [1.165, 1.54) is 70.6 Å². The van der Waals surface area contributed by atoms with Crippen molar-refractivity contribution in [3.8, 4) is 0 Å². The quantitative estimate of drug-likeness (QED) is 0.125. The highest BCUT2D eigenvalue weighted by atomic mass is 16.5. The molecule has 0 rings (SSSR count). The number of ether oxygens (including phenoxy) is 2. The number of carbonyl (C=O) groups is 1. The van der Waals surface area contributed by atoms with E-state index in [-0.39, 0.29) is 12.1 Å². The van der Waals surface area contributed by atoms with Crippen LogP contribution in [0.4, 0.5) is 0 Å². The number of hydrogen-bond acceptors (Lipinski definition) is 3. The van der Waals surface area contributed by atoms with E-state index in [4.69, 9.17) is 9.47 Å². The van der Waals surface area contributed by atoms with Gasteiger partial charge in [-0.05, 0) is 46.0 Å². The van der Waals surface area contributed by atoms with Gasteiger partial charge in [0.05, 0.1) is 19.3 Å². The number of rotatable bonds is 20. The highest BCUT2D eigenvalue weighted by molar-refractivity contribution is 5.69. The zero-order valence-electron chi connectivity index (χ0n) is 18.5. The molecule has 0 spiro atoms. The summed E-state index contributed by atoms with van der Waals surface area (Å²) < 4.78 is 10.6. The maximum atomic E-state index is 11.6. The highest BCUT2D eigenvalue weighted by Gasteiger charge is 2.02. The smallest absolute Gasteiger partial charge is 0.305 e. The van der Waals surface area contributed by atoms with Gasteiger partial charge in [-0.1, -0.05) is 70.4 Å². The predicted molar refractivity (Wildman–Crippen MR) is 116 cm³/mol. The number of unbranched alkanes of at least 4 members (excludes halogenated alkanes) is 11. The van der Waals surface area contributed by atoms with Gasteiger partial charge in [-0.2, -0.15) is 0 Å². The molecule has 0 bridgehead atoms. The van der Waals surface area contributed by atoms with E-state index in [1.54, 1.807) is 0 Å². The third-order valence-electron chi connectivity index (χ3n) is 4.65. The Balaban J connectivity index is 3.21. The molecule has 0 heterocycles. The fourth-order valence-corrected chi connectivity index (χ4v) is 2.98. The molecule has 0 amide bonds. The topological polar surface area (TPSA) is 35.5 Å². The Bertz CT molecular complexity index is 337. The Hall–Kier alpha value is -0.830. The van der Waals surface area contributed by atoms with Gasteiger partial charge in [0.2, 0.25) is 0 Å². The number of esters is 1. The minimum Gasteiger partial charge on any atom is -0.466 e. The fourth-order valence-electron chi connectivity index (χ4n) is 2.98. The van der Waals surface area contributed by atoms with Gasteiger partial charge in [0.25, 0.3) is 0 Å². The summed E-state index contributed by atoms with van der Waals surface area (Å²) in [6, 6.07) is 0. The van der Waals surface area contributed by atoms with E-state index >= 15 is 0 Å². The first kappa shape index (κ1) is 26.2. The molecule has 3 heteroatoms. The van der Waals surface area contributed by atoms with Crippen LogP contribution in [-0.2, 0) is 14.3 Å². The zero-order valence-corrected chi connectivity index (χ0v) is 18.5. The first-order valence-corrected chi connectivity index (χ1v) is 11.6. The largest absolute Gasteiger partial charge is 0.466 e. The minimum atomic E-state index is -0.0582. The van der Waals surface area contributed by atoms with Gasteiger partial charge in [-0.3, -0.25) is 4.79 Å². The fraction of sp³-hybridized carbons (Fsp3) is 0.875. The molecule has 0 saturated heterocycles. The van der Waals surface area contributed by atoms with E-state index < -0.39 is 0 Å². The first-order valence-electron chi connectivity index (χ1n) is 11.6. The van der Waals surface area contributed by atoms with E-state index in [2.05, 4.69) is 19.1 Å². The van der Waals surface area contributed by atoms with Gasteiger partial charge in [-0.25, -0.2) is 0 Å². The van der Waals surface area contributed by atoms with Crippen LogP contribution in [0.3, 0.4) is 0 Å². The molecule has 0 unspecified atom stereocenters.